The Labute approximate surface area is 187 Å². The molecule has 0 saturated heterocycles. The lowest BCUT2D eigenvalue weighted by Gasteiger charge is -2.55. The lowest BCUT2D eigenvalue weighted by molar-refractivity contribution is -0.181. The number of aliphatic hydroxyl groups is 5. The summed E-state index contributed by atoms with van der Waals surface area (Å²) in [5, 5.41) is 66.3. The zero-order chi connectivity index (χ0) is 24.8. The van der Waals surface area contributed by atoms with E-state index < -0.39 is 81.1 Å². The first-order chi connectivity index (χ1) is 15.2. The van der Waals surface area contributed by atoms with Gasteiger partial charge in [0.1, 0.15) is 22.8 Å². The molecule has 1 saturated carbocycles. The molecule has 0 aliphatic heterocycles. The van der Waals surface area contributed by atoms with Gasteiger partial charge in [-0.25, -0.2) is 0 Å². The van der Waals surface area contributed by atoms with Gasteiger partial charge in [-0.15, -0.1) is 0 Å². The molecule has 8 N–H and O–H groups in total. The molecule has 0 aromatic heterocycles. The van der Waals surface area contributed by atoms with Gasteiger partial charge in [0, 0.05) is 0 Å². The smallest absolute Gasteiger partial charge is 0.255 e. The number of fused-ring (bicyclic) bond motifs is 3. The molecule has 4 rings (SSSR count). The maximum absolute atomic E-state index is 13.7. The van der Waals surface area contributed by atoms with Gasteiger partial charge < -0.3 is 36.4 Å². The summed E-state index contributed by atoms with van der Waals surface area (Å²) in [4.78, 5) is 39.9. The van der Waals surface area contributed by atoms with Gasteiger partial charge in [-0.05, 0) is 32.6 Å². The topological polar surface area (TPSA) is 202 Å². The van der Waals surface area contributed by atoms with Crippen molar-refractivity contribution in [2.45, 2.75) is 30.3 Å². The Morgan fingerprint density at radius 3 is 2.27 bits per heavy atom. The summed E-state index contributed by atoms with van der Waals surface area (Å²) >= 11 is 0. The van der Waals surface area contributed by atoms with E-state index in [1.54, 1.807) is 0 Å². The van der Waals surface area contributed by atoms with E-state index in [2.05, 4.69) is 0 Å². The summed E-state index contributed by atoms with van der Waals surface area (Å²) in [6.45, 7) is 1.25. The van der Waals surface area contributed by atoms with Gasteiger partial charge in [-0.3, -0.25) is 19.3 Å². The predicted octanol–water partition coefficient (Wildman–Crippen LogP) is -1.40. The zero-order valence-corrected chi connectivity index (χ0v) is 18.0. The van der Waals surface area contributed by atoms with Crippen LogP contribution in [0.2, 0.25) is 0 Å². The zero-order valence-electron chi connectivity index (χ0n) is 18.0. The third-order valence-corrected chi connectivity index (χ3v) is 7.03. The minimum Gasteiger partial charge on any atom is -0.508 e. The fourth-order valence-electron chi connectivity index (χ4n) is 5.60. The highest BCUT2D eigenvalue weighted by Gasteiger charge is 2.70. The van der Waals surface area contributed by atoms with Crippen molar-refractivity contribution in [1.82, 2.24) is 4.90 Å². The summed E-state index contributed by atoms with van der Waals surface area (Å²) in [5.74, 6) is -9.67. The van der Waals surface area contributed by atoms with Crippen LogP contribution in [-0.4, -0.2) is 84.9 Å². The van der Waals surface area contributed by atoms with E-state index in [1.807, 2.05) is 0 Å². The van der Waals surface area contributed by atoms with Crippen LogP contribution in [0.1, 0.15) is 18.1 Å². The molecule has 1 aromatic carbocycles. The maximum Gasteiger partial charge on any atom is 0.255 e. The fraction of sp³-hybridized carbons (Fsp3) is 0.409. The Morgan fingerprint density at radius 1 is 1.12 bits per heavy atom. The Morgan fingerprint density at radius 2 is 1.73 bits per heavy atom. The SMILES string of the molecule is CN(C)[C@@H]1C(=O)C(C(N)=O)=C(O)C2(O)C(=O)C3=C(O)c4c(O)cccc4[C@@](C)(O)[C@H]3[C@H](O)[C@@H]12. The molecule has 1 fully saturated rings. The molecule has 1 unspecified atom stereocenters. The molecule has 6 atom stereocenters. The lowest BCUT2D eigenvalue weighted by atomic mass is 9.53. The fourth-order valence-corrected chi connectivity index (χ4v) is 5.60. The number of phenolic OH excluding ortho intramolecular Hbond substituents is 1. The number of carbonyl (C=O) groups is 3. The maximum atomic E-state index is 13.7. The molecular formula is C22H24N2O9. The van der Waals surface area contributed by atoms with E-state index in [0.29, 0.717) is 0 Å². The van der Waals surface area contributed by atoms with E-state index in [4.69, 9.17) is 5.73 Å². The van der Waals surface area contributed by atoms with Crippen LogP contribution in [-0.2, 0) is 20.0 Å². The Balaban J connectivity index is 2.11. The van der Waals surface area contributed by atoms with Crippen LogP contribution in [0.15, 0.2) is 35.1 Å². The predicted molar refractivity (Wildman–Crippen MR) is 112 cm³/mol. The van der Waals surface area contributed by atoms with E-state index in [1.165, 1.54) is 44.1 Å². The molecule has 176 valence electrons. The number of carbonyl (C=O) groups excluding carboxylic acids is 3. The molecule has 0 spiro atoms. The van der Waals surface area contributed by atoms with Crippen LogP contribution in [0, 0.1) is 11.8 Å². The molecule has 1 amide bonds. The van der Waals surface area contributed by atoms with Crippen molar-refractivity contribution in [3.63, 3.8) is 0 Å². The van der Waals surface area contributed by atoms with E-state index in [-0.39, 0.29) is 11.1 Å². The number of aromatic hydroxyl groups is 1. The second-order valence-corrected chi connectivity index (χ2v) is 9.06. The van der Waals surface area contributed by atoms with Crippen molar-refractivity contribution in [1.29, 1.82) is 0 Å². The Kier molecular flexibility index (Phi) is 4.78. The molecule has 0 heterocycles. The van der Waals surface area contributed by atoms with E-state index >= 15 is 0 Å². The van der Waals surface area contributed by atoms with Crippen LogP contribution in [0.4, 0.5) is 0 Å². The quantitative estimate of drug-likeness (QED) is 0.257. The average Bonchev–Trinajstić information content (AvgIpc) is 2.70. The van der Waals surface area contributed by atoms with Gasteiger partial charge in [0.2, 0.25) is 5.78 Å². The molecule has 1 aromatic rings. The Hall–Kier alpha value is -3.25. The molecule has 33 heavy (non-hydrogen) atoms. The number of nitrogens with zero attached hydrogens (tertiary/aromatic N) is 1. The highest BCUT2D eigenvalue weighted by molar-refractivity contribution is 6.24. The first kappa shape index (κ1) is 22.9. The summed E-state index contributed by atoms with van der Waals surface area (Å²) in [5.41, 5.74) is -1.78. The van der Waals surface area contributed by atoms with Gasteiger partial charge in [0.25, 0.3) is 5.91 Å². The highest BCUT2D eigenvalue weighted by atomic mass is 16.4. The van der Waals surface area contributed by atoms with Crippen LogP contribution in [0.25, 0.3) is 5.76 Å². The van der Waals surface area contributed by atoms with Crippen molar-refractivity contribution in [2.24, 2.45) is 17.6 Å². The van der Waals surface area contributed by atoms with Crippen molar-refractivity contribution >= 4 is 23.2 Å². The summed E-state index contributed by atoms with van der Waals surface area (Å²) in [6, 6.07) is 2.50. The minimum absolute atomic E-state index is 0.00664. The normalized spacial score (nSPS) is 36.0. The number of phenols is 1. The average molecular weight is 460 g/mol. The number of benzene rings is 1. The molecular weight excluding hydrogens is 436 g/mol. The molecule has 11 heteroatoms. The highest BCUT2D eigenvalue weighted by Crippen LogP contribution is 2.57. The van der Waals surface area contributed by atoms with Gasteiger partial charge in [0.05, 0.1) is 40.7 Å². The second kappa shape index (κ2) is 6.87. The van der Waals surface area contributed by atoms with Crippen molar-refractivity contribution in [3.05, 3.63) is 46.2 Å². The summed E-state index contributed by atoms with van der Waals surface area (Å²) in [6.07, 6.45) is -1.87. The second-order valence-electron chi connectivity index (χ2n) is 9.06. The number of rotatable bonds is 2. The standard InChI is InChI=1S/C22H24N2O9/c1-21(32)7-5-4-6-8(25)9(7)15(26)10-12(21)17(28)13-14(24(2)3)16(27)11(20(23)31)19(30)22(13,33)18(10)29/h4-6,12-14,17,25-26,28,30,32-33H,1-3H3,(H2,23,31)/t12-,13-,14+,17+,21-,22?/m1/s1. The summed E-state index contributed by atoms with van der Waals surface area (Å²) in [7, 11) is 2.80. The van der Waals surface area contributed by atoms with Crippen molar-refractivity contribution in [2.75, 3.05) is 14.1 Å². The van der Waals surface area contributed by atoms with Crippen LogP contribution in [0.3, 0.4) is 0 Å². The number of nitrogens with two attached hydrogens (primary N) is 1. The number of likely N-dealkylation sites (N-methyl/N-ethyl adjacent to an activating group) is 1. The lowest BCUT2D eigenvalue weighted by Crippen LogP contribution is -2.71. The molecule has 0 radical (unpaired) electrons. The molecule has 11 nitrogen and oxygen atoms in total. The largest absolute Gasteiger partial charge is 0.508 e. The number of amides is 1. The van der Waals surface area contributed by atoms with Crippen LogP contribution in [0.5, 0.6) is 5.75 Å². The number of hydrogen-bond acceptors (Lipinski definition) is 10. The minimum atomic E-state index is -3.02. The van der Waals surface area contributed by atoms with Gasteiger partial charge >= 0.3 is 0 Å². The van der Waals surface area contributed by atoms with E-state index in [0.717, 1.165) is 0 Å². The number of Topliss-reactive ketones (excluding diaryl/α,β-unsaturated/α-hetero) is 2. The van der Waals surface area contributed by atoms with E-state index in [9.17, 15) is 45.0 Å². The number of ketones is 2. The Bertz CT molecular complexity index is 1180. The third kappa shape index (κ3) is 2.61. The third-order valence-electron chi connectivity index (χ3n) is 7.03. The van der Waals surface area contributed by atoms with Crippen LogP contribution < -0.4 is 5.73 Å². The monoisotopic (exact) mass is 460 g/mol. The van der Waals surface area contributed by atoms with Gasteiger partial charge in [-0.2, -0.15) is 0 Å². The van der Waals surface area contributed by atoms with Crippen molar-refractivity contribution in [3.8, 4) is 5.75 Å². The first-order valence-electron chi connectivity index (χ1n) is 10.1. The first-order valence-corrected chi connectivity index (χ1v) is 10.1. The summed E-state index contributed by atoms with van der Waals surface area (Å²) < 4.78 is 0. The molecule has 3 aliphatic rings. The van der Waals surface area contributed by atoms with Gasteiger partial charge in [0.15, 0.2) is 11.4 Å². The molecule has 0 bridgehead atoms. The number of hydrogen-bond donors (Lipinski definition) is 7. The van der Waals surface area contributed by atoms with Gasteiger partial charge in [-0.1, -0.05) is 12.1 Å². The van der Waals surface area contributed by atoms with Crippen molar-refractivity contribution < 1.29 is 45.0 Å². The number of aliphatic hydroxyl groups excluding tert-OH is 3. The van der Waals surface area contributed by atoms with Crippen LogP contribution >= 0.6 is 0 Å². The molecule has 3 aliphatic carbocycles. The number of primary amides is 1.